The number of allylic oxidation sites excluding steroid dienone is 1. The van der Waals surface area contributed by atoms with Gasteiger partial charge in [0.25, 0.3) is 0 Å². The Bertz CT molecular complexity index is 597. The summed E-state index contributed by atoms with van der Waals surface area (Å²) < 4.78 is 0. The molecule has 3 unspecified atom stereocenters. The van der Waals surface area contributed by atoms with Gasteiger partial charge in [0.2, 0.25) is 17.7 Å². The van der Waals surface area contributed by atoms with Crippen LogP contribution in [0.3, 0.4) is 0 Å². The molecule has 2 heterocycles. The molecule has 3 atom stereocenters. The van der Waals surface area contributed by atoms with Crippen molar-refractivity contribution in [1.29, 1.82) is 0 Å². The van der Waals surface area contributed by atoms with Crippen LogP contribution in [0.25, 0.3) is 0 Å². The molecule has 2 aliphatic rings. The van der Waals surface area contributed by atoms with Gasteiger partial charge in [-0.15, -0.1) is 0 Å². The number of hydrogen-bond donors (Lipinski definition) is 4. The monoisotopic (exact) mass is 308 g/mol. The number of amides is 3. The van der Waals surface area contributed by atoms with Crippen molar-refractivity contribution in [2.24, 2.45) is 11.5 Å². The van der Waals surface area contributed by atoms with Crippen molar-refractivity contribution in [2.75, 3.05) is 0 Å². The Balaban J connectivity index is 2.12. The maximum Gasteiger partial charge on any atom is 0.326 e. The van der Waals surface area contributed by atoms with Crippen molar-refractivity contribution in [1.82, 2.24) is 10.2 Å². The Morgan fingerprint density at radius 3 is 2.73 bits per heavy atom. The van der Waals surface area contributed by atoms with Crippen molar-refractivity contribution in [2.45, 2.75) is 31.0 Å². The molecule has 0 saturated heterocycles. The van der Waals surface area contributed by atoms with Crippen LogP contribution < -0.4 is 16.8 Å². The number of carboxylic acid groups (broad SMARTS) is 1. The van der Waals surface area contributed by atoms with E-state index in [0.717, 1.165) is 0 Å². The largest absolute Gasteiger partial charge is 0.480 e. The fourth-order valence-corrected chi connectivity index (χ4v) is 2.34. The summed E-state index contributed by atoms with van der Waals surface area (Å²) >= 11 is 0. The quantitative estimate of drug-likeness (QED) is 0.452. The van der Waals surface area contributed by atoms with E-state index in [1.165, 1.54) is 11.0 Å². The van der Waals surface area contributed by atoms with Gasteiger partial charge in [-0.2, -0.15) is 0 Å². The molecule has 2 aliphatic heterocycles. The number of nitrogens with two attached hydrogens (primary N) is 2. The highest BCUT2D eigenvalue weighted by atomic mass is 16.4. The Morgan fingerprint density at radius 1 is 1.45 bits per heavy atom. The summed E-state index contributed by atoms with van der Waals surface area (Å²) in [6, 6.07) is -3.17. The maximum absolute atomic E-state index is 12.2. The van der Waals surface area contributed by atoms with Gasteiger partial charge in [0.1, 0.15) is 12.1 Å². The van der Waals surface area contributed by atoms with Crippen molar-refractivity contribution >= 4 is 23.7 Å². The first kappa shape index (κ1) is 15.7. The lowest BCUT2D eigenvalue weighted by Crippen LogP contribution is -2.55. The molecule has 6 N–H and O–H groups in total. The second-order valence-corrected chi connectivity index (χ2v) is 5.05. The van der Waals surface area contributed by atoms with Gasteiger partial charge < -0.3 is 21.9 Å². The molecule has 22 heavy (non-hydrogen) atoms. The van der Waals surface area contributed by atoms with Gasteiger partial charge in [-0.3, -0.25) is 19.3 Å². The molecule has 0 bridgehead atoms. The molecule has 9 heteroatoms. The number of hydrogen-bond acceptors (Lipinski definition) is 5. The SMILES string of the molecule is NC(=O)CC(NC(=O)C1C=CC2=CCC(N)C(=O)N21)C(=O)O. The van der Waals surface area contributed by atoms with Gasteiger partial charge in [-0.25, -0.2) is 4.79 Å². The number of nitrogens with one attached hydrogen (secondary N) is 1. The van der Waals surface area contributed by atoms with E-state index in [1.807, 2.05) is 0 Å². The smallest absolute Gasteiger partial charge is 0.326 e. The van der Waals surface area contributed by atoms with Gasteiger partial charge in [0, 0.05) is 5.70 Å². The molecule has 0 aromatic rings. The number of carbonyl (C=O) groups excluding carboxylic acids is 3. The van der Waals surface area contributed by atoms with E-state index in [9.17, 15) is 19.2 Å². The number of carbonyl (C=O) groups is 4. The number of rotatable bonds is 5. The molecular weight excluding hydrogens is 292 g/mol. The molecule has 118 valence electrons. The van der Waals surface area contributed by atoms with E-state index < -0.39 is 48.2 Å². The van der Waals surface area contributed by atoms with E-state index >= 15 is 0 Å². The van der Waals surface area contributed by atoms with E-state index in [4.69, 9.17) is 16.6 Å². The van der Waals surface area contributed by atoms with Crippen LogP contribution in [-0.2, 0) is 19.2 Å². The predicted octanol–water partition coefficient (Wildman–Crippen LogP) is -2.19. The molecular formula is C13H16N4O5. The number of fused-ring (bicyclic) bond motifs is 1. The fraction of sp³-hybridized carbons (Fsp3) is 0.385. The van der Waals surface area contributed by atoms with Gasteiger partial charge in [0.05, 0.1) is 12.5 Å². The average molecular weight is 308 g/mol. The number of aliphatic carboxylic acids is 1. The fourth-order valence-electron chi connectivity index (χ4n) is 2.34. The van der Waals surface area contributed by atoms with Crippen LogP contribution in [0.5, 0.6) is 0 Å². The lowest BCUT2D eigenvalue weighted by Gasteiger charge is -2.31. The van der Waals surface area contributed by atoms with E-state index in [2.05, 4.69) is 5.32 Å². The normalized spacial score (nSPS) is 24.5. The minimum Gasteiger partial charge on any atom is -0.480 e. The molecule has 0 spiro atoms. The zero-order chi connectivity index (χ0) is 16.4. The Labute approximate surface area is 125 Å². The van der Waals surface area contributed by atoms with Crippen molar-refractivity contribution in [3.05, 3.63) is 23.9 Å². The van der Waals surface area contributed by atoms with Crippen LogP contribution in [-0.4, -0.2) is 51.8 Å². The Morgan fingerprint density at radius 2 is 2.14 bits per heavy atom. The first-order chi connectivity index (χ1) is 10.3. The van der Waals surface area contributed by atoms with Crippen molar-refractivity contribution in [3.8, 4) is 0 Å². The van der Waals surface area contributed by atoms with Crippen LogP contribution in [0.4, 0.5) is 0 Å². The summed E-state index contributed by atoms with van der Waals surface area (Å²) in [7, 11) is 0. The minimum atomic E-state index is -1.44. The topological polar surface area (TPSA) is 156 Å². The minimum absolute atomic E-state index is 0.378. The zero-order valence-corrected chi connectivity index (χ0v) is 11.6. The number of nitrogens with zero attached hydrogens (tertiary/aromatic N) is 1. The van der Waals surface area contributed by atoms with Crippen molar-refractivity contribution in [3.63, 3.8) is 0 Å². The highest BCUT2D eigenvalue weighted by Crippen LogP contribution is 2.26. The third kappa shape index (κ3) is 2.98. The van der Waals surface area contributed by atoms with Gasteiger partial charge in [-0.1, -0.05) is 12.2 Å². The molecule has 9 nitrogen and oxygen atoms in total. The molecule has 2 rings (SSSR count). The van der Waals surface area contributed by atoms with Crippen LogP contribution >= 0.6 is 0 Å². The lowest BCUT2D eigenvalue weighted by atomic mass is 10.1. The van der Waals surface area contributed by atoms with E-state index in [-0.39, 0.29) is 0 Å². The van der Waals surface area contributed by atoms with E-state index in [0.29, 0.717) is 12.1 Å². The highest BCUT2D eigenvalue weighted by Gasteiger charge is 2.39. The van der Waals surface area contributed by atoms with E-state index in [1.54, 1.807) is 12.2 Å². The molecule has 0 saturated carbocycles. The van der Waals surface area contributed by atoms with Gasteiger partial charge in [0.15, 0.2) is 0 Å². The molecule has 0 radical (unpaired) electrons. The van der Waals surface area contributed by atoms with Gasteiger partial charge >= 0.3 is 5.97 Å². The second-order valence-electron chi connectivity index (χ2n) is 5.05. The number of carboxylic acids is 1. The van der Waals surface area contributed by atoms with Crippen molar-refractivity contribution < 1.29 is 24.3 Å². The maximum atomic E-state index is 12.2. The number of primary amides is 1. The lowest BCUT2D eigenvalue weighted by molar-refractivity contribution is -0.144. The summed E-state index contributed by atoms with van der Waals surface area (Å²) in [6.07, 6.45) is 4.64. The highest BCUT2D eigenvalue weighted by molar-refractivity contribution is 5.96. The predicted molar refractivity (Wildman–Crippen MR) is 73.8 cm³/mol. The summed E-state index contributed by atoms with van der Waals surface area (Å²) in [5.41, 5.74) is 11.2. The summed E-state index contributed by atoms with van der Waals surface area (Å²) in [5, 5.41) is 11.2. The van der Waals surface area contributed by atoms with Gasteiger partial charge in [-0.05, 0) is 12.5 Å². The zero-order valence-electron chi connectivity index (χ0n) is 11.6. The van der Waals surface area contributed by atoms with Crippen LogP contribution in [0.1, 0.15) is 12.8 Å². The average Bonchev–Trinajstić information content (AvgIpc) is 2.86. The Kier molecular flexibility index (Phi) is 4.27. The molecule has 0 aliphatic carbocycles. The standard InChI is InChI=1S/C13H16N4O5/c14-7-3-1-6-2-4-9(17(6)12(7)20)11(19)16-8(13(21)22)5-10(15)18/h1-2,4,7-9H,3,5,14H2,(H2,15,18)(H,16,19)(H,21,22). The summed E-state index contributed by atoms with van der Waals surface area (Å²) in [6.45, 7) is 0. The molecule has 3 amide bonds. The first-order valence-corrected chi connectivity index (χ1v) is 6.59. The summed E-state index contributed by atoms with van der Waals surface area (Å²) in [5.74, 6) is -3.36. The third-order valence-corrected chi connectivity index (χ3v) is 3.43. The summed E-state index contributed by atoms with van der Waals surface area (Å²) in [4.78, 5) is 47.4. The first-order valence-electron chi connectivity index (χ1n) is 6.59. The Hall–Kier alpha value is -2.68. The molecule has 0 aromatic carbocycles. The van der Waals surface area contributed by atoms with Crippen LogP contribution in [0.2, 0.25) is 0 Å². The molecule has 0 aromatic heterocycles. The third-order valence-electron chi connectivity index (χ3n) is 3.43. The van der Waals surface area contributed by atoms with Crippen LogP contribution in [0.15, 0.2) is 23.9 Å². The second kappa shape index (κ2) is 5.98. The molecule has 0 fully saturated rings. The van der Waals surface area contributed by atoms with Crippen LogP contribution in [0, 0.1) is 0 Å².